The molecule has 0 spiro atoms. The number of rotatable bonds is 1. The van der Waals surface area contributed by atoms with E-state index in [2.05, 4.69) is 0 Å². The van der Waals surface area contributed by atoms with Crippen LogP contribution in [0.2, 0.25) is 0 Å². The third-order valence-electron chi connectivity index (χ3n) is 3.87. The van der Waals surface area contributed by atoms with Crippen LogP contribution in [0.1, 0.15) is 20.3 Å². The molecule has 2 rings (SSSR count). The quantitative estimate of drug-likeness (QED) is 0.609. The fourth-order valence-electron chi connectivity index (χ4n) is 2.69. The molecule has 0 radical (unpaired) electrons. The molecule has 2 aliphatic rings. The minimum atomic E-state index is -0.663. The molecule has 1 unspecified atom stereocenters. The number of carbonyl (C=O) groups is 4. The second-order valence-corrected chi connectivity index (χ2v) is 5.24. The Morgan fingerprint density at radius 1 is 0.950 bits per heavy atom. The first kappa shape index (κ1) is 14.5. The molecule has 0 bridgehead atoms. The lowest BCUT2D eigenvalue weighted by Gasteiger charge is -2.36. The van der Waals surface area contributed by atoms with Crippen molar-refractivity contribution in [2.45, 2.75) is 26.3 Å². The van der Waals surface area contributed by atoms with Crippen molar-refractivity contribution in [1.29, 1.82) is 0 Å². The third kappa shape index (κ3) is 2.81. The van der Waals surface area contributed by atoms with E-state index < -0.39 is 6.04 Å². The summed E-state index contributed by atoms with van der Waals surface area (Å²) in [4.78, 5) is 51.3. The lowest BCUT2D eigenvalue weighted by Crippen LogP contribution is -2.54. The molecule has 2 aliphatic heterocycles. The van der Waals surface area contributed by atoms with Crippen LogP contribution in [-0.2, 0) is 19.2 Å². The maximum atomic E-state index is 12.4. The molecule has 0 aromatic heterocycles. The van der Waals surface area contributed by atoms with E-state index in [9.17, 15) is 19.2 Å². The standard InChI is InChI=1S/C13H19N3O4/c1-9(17)14-3-5-15(6-4-14)13(20)12-7-11(19)8-16(12)10(2)18/h12H,3-8H2,1-2H3. The fraction of sp³-hybridized carbons (Fsp3) is 0.692. The molecule has 3 amide bonds. The summed E-state index contributed by atoms with van der Waals surface area (Å²) in [6.07, 6.45) is 0.103. The number of Topliss-reactive ketones (excluding diaryl/α,β-unsaturated/α-hetero) is 1. The molecule has 0 aliphatic carbocycles. The molecule has 1 atom stereocenters. The monoisotopic (exact) mass is 281 g/mol. The highest BCUT2D eigenvalue weighted by molar-refractivity contribution is 5.98. The number of likely N-dealkylation sites (tertiary alicyclic amines) is 1. The molecule has 0 N–H and O–H groups in total. The van der Waals surface area contributed by atoms with Crippen LogP contribution in [0.4, 0.5) is 0 Å². The molecule has 7 nitrogen and oxygen atoms in total. The van der Waals surface area contributed by atoms with Crippen LogP contribution >= 0.6 is 0 Å². The Bertz CT molecular complexity index is 455. The van der Waals surface area contributed by atoms with Gasteiger partial charge in [0.25, 0.3) is 0 Å². The summed E-state index contributed by atoms with van der Waals surface area (Å²) < 4.78 is 0. The first-order valence-corrected chi connectivity index (χ1v) is 6.73. The highest BCUT2D eigenvalue weighted by atomic mass is 16.2. The van der Waals surface area contributed by atoms with Crippen molar-refractivity contribution in [1.82, 2.24) is 14.7 Å². The summed E-state index contributed by atoms with van der Waals surface area (Å²) in [5.41, 5.74) is 0. The van der Waals surface area contributed by atoms with E-state index in [1.165, 1.54) is 18.7 Å². The third-order valence-corrected chi connectivity index (χ3v) is 3.87. The van der Waals surface area contributed by atoms with Gasteiger partial charge in [0.2, 0.25) is 17.7 Å². The first-order valence-electron chi connectivity index (χ1n) is 6.73. The molecule has 0 aromatic carbocycles. The Morgan fingerprint density at radius 3 is 2.00 bits per heavy atom. The van der Waals surface area contributed by atoms with E-state index in [1.807, 2.05) is 0 Å². The van der Waals surface area contributed by atoms with Gasteiger partial charge in [-0.1, -0.05) is 0 Å². The average Bonchev–Trinajstić information content (AvgIpc) is 2.80. The summed E-state index contributed by atoms with van der Waals surface area (Å²) in [6, 6.07) is -0.663. The number of hydrogen-bond donors (Lipinski definition) is 0. The second kappa shape index (κ2) is 5.60. The minimum absolute atomic E-state index is 0.00138. The molecule has 7 heteroatoms. The SMILES string of the molecule is CC(=O)N1CCN(C(=O)C2CC(=O)CN2C(C)=O)CC1. The maximum Gasteiger partial charge on any atom is 0.245 e. The summed E-state index contributed by atoms with van der Waals surface area (Å²) in [5, 5.41) is 0. The normalized spacial score (nSPS) is 23.2. The van der Waals surface area contributed by atoms with Crippen LogP contribution in [0, 0.1) is 0 Å². The van der Waals surface area contributed by atoms with Gasteiger partial charge >= 0.3 is 0 Å². The molecule has 2 heterocycles. The van der Waals surface area contributed by atoms with Gasteiger partial charge < -0.3 is 14.7 Å². The topological polar surface area (TPSA) is 78.0 Å². The van der Waals surface area contributed by atoms with Crippen LogP contribution in [-0.4, -0.2) is 77.0 Å². The Balaban J connectivity index is 1.99. The van der Waals surface area contributed by atoms with E-state index in [0.29, 0.717) is 26.2 Å². The van der Waals surface area contributed by atoms with E-state index in [-0.39, 0.29) is 36.5 Å². The van der Waals surface area contributed by atoms with Gasteiger partial charge in [-0.15, -0.1) is 0 Å². The number of nitrogens with zero attached hydrogens (tertiary/aromatic N) is 3. The molecule has 2 fully saturated rings. The molecular formula is C13H19N3O4. The summed E-state index contributed by atoms with van der Waals surface area (Å²) in [7, 11) is 0. The molecule has 20 heavy (non-hydrogen) atoms. The van der Waals surface area contributed by atoms with E-state index >= 15 is 0 Å². The van der Waals surface area contributed by atoms with Crippen LogP contribution in [0.15, 0.2) is 0 Å². The average molecular weight is 281 g/mol. The highest BCUT2D eigenvalue weighted by Gasteiger charge is 2.40. The molecule has 0 saturated carbocycles. The van der Waals surface area contributed by atoms with Crippen molar-refractivity contribution in [2.24, 2.45) is 0 Å². The van der Waals surface area contributed by atoms with Crippen LogP contribution in [0.3, 0.4) is 0 Å². The Labute approximate surface area is 117 Å². The van der Waals surface area contributed by atoms with Crippen molar-refractivity contribution < 1.29 is 19.2 Å². The Morgan fingerprint density at radius 2 is 1.50 bits per heavy atom. The zero-order valence-electron chi connectivity index (χ0n) is 11.8. The minimum Gasteiger partial charge on any atom is -0.339 e. The van der Waals surface area contributed by atoms with Gasteiger partial charge in [-0.2, -0.15) is 0 Å². The van der Waals surface area contributed by atoms with Crippen molar-refractivity contribution in [3.63, 3.8) is 0 Å². The van der Waals surface area contributed by atoms with Gasteiger partial charge in [0.15, 0.2) is 5.78 Å². The molecule has 2 saturated heterocycles. The highest BCUT2D eigenvalue weighted by Crippen LogP contribution is 2.18. The van der Waals surface area contributed by atoms with Crippen molar-refractivity contribution in [3.05, 3.63) is 0 Å². The van der Waals surface area contributed by atoms with Gasteiger partial charge in [0.1, 0.15) is 6.04 Å². The number of hydrogen-bond acceptors (Lipinski definition) is 4. The zero-order chi connectivity index (χ0) is 14.9. The number of amides is 3. The number of ketones is 1. The smallest absolute Gasteiger partial charge is 0.245 e. The summed E-state index contributed by atoms with van der Waals surface area (Å²) in [6.45, 7) is 4.81. The van der Waals surface area contributed by atoms with Crippen molar-refractivity contribution in [3.8, 4) is 0 Å². The van der Waals surface area contributed by atoms with Gasteiger partial charge in [-0.05, 0) is 0 Å². The Hall–Kier alpha value is -1.92. The van der Waals surface area contributed by atoms with Crippen molar-refractivity contribution in [2.75, 3.05) is 32.7 Å². The number of piperazine rings is 1. The zero-order valence-corrected chi connectivity index (χ0v) is 11.8. The van der Waals surface area contributed by atoms with Crippen molar-refractivity contribution >= 4 is 23.5 Å². The lowest BCUT2D eigenvalue weighted by atomic mass is 10.1. The van der Waals surface area contributed by atoms with E-state index in [0.717, 1.165) is 0 Å². The summed E-state index contributed by atoms with van der Waals surface area (Å²) >= 11 is 0. The molecule has 110 valence electrons. The van der Waals surface area contributed by atoms with Gasteiger partial charge in [-0.25, -0.2) is 0 Å². The molecular weight excluding hydrogens is 262 g/mol. The lowest BCUT2D eigenvalue weighted by molar-refractivity contribution is -0.145. The first-order chi connectivity index (χ1) is 9.40. The van der Waals surface area contributed by atoms with Gasteiger partial charge in [0, 0.05) is 46.4 Å². The predicted molar refractivity (Wildman–Crippen MR) is 69.6 cm³/mol. The van der Waals surface area contributed by atoms with Gasteiger partial charge in [0.05, 0.1) is 6.54 Å². The molecule has 0 aromatic rings. The number of carbonyl (C=O) groups excluding carboxylic acids is 4. The fourth-order valence-corrected chi connectivity index (χ4v) is 2.69. The van der Waals surface area contributed by atoms with E-state index in [1.54, 1.807) is 9.80 Å². The van der Waals surface area contributed by atoms with Gasteiger partial charge in [-0.3, -0.25) is 19.2 Å². The Kier molecular flexibility index (Phi) is 4.06. The van der Waals surface area contributed by atoms with Crippen LogP contribution in [0.25, 0.3) is 0 Å². The second-order valence-electron chi connectivity index (χ2n) is 5.24. The van der Waals surface area contributed by atoms with E-state index in [4.69, 9.17) is 0 Å². The largest absolute Gasteiger partial charge is 0.339 e. The summed E-state index contributed by atoms with van der Waals surface area (Å²) in [5.74, 6) is -0.523. The van der Waals surface area contributed by atoms with Crippen LogP contribution < -0.4 is 0 Å². The predicted octanol–water partition coefficient (Wildman–Crippen LogP) is -1.13. The maximum absolute atomic E-state index is 12.4. The van der Waals surface area contributed by atoms with Crippen LogP contribution in [0.5, 0.6) is 0 Å².